The van der Waals surface area contributed by atoms with Crippen molar-refractivity contribution in [2.45, 2.75) is 0 Å². The van der Waals surface area contributed by atoms with E-state index in [-0.39, 0.29) is 25.7 Å². The third kappa shape index (κ3) is 2.02. The van der Waals surface area contributed by atoms with Gasteiger partial charge in [-0.3, -0.25) is 0 Å². The number of benzene rings is 1. The molecule has 0 aromatic heterocycles. The topological polar surface area (TPSA) is 37.3 Å². The molecule has 0 aliphatic rings. The van der Waals surface area contributed by atoms with Crippen molar-refractivity contribution in [2.24, 2.45) is 0 Å². The Morgan fingerprint density at radius 1 is 1.08 bits per heavy atom. The number of hydrogen-bond acceptors (Lipinski definition) is 1. The highest BCUT2D eigenvalue weighted by molar-refractivity contribution is 6.52. The maximum atomic E-state index is 10.6. The van der Waals surface area contributed by atoms with Gasteiger partial charge in [0.1, 0.15) is 0 Å². The van der Waals surface area contributed by atoms with Gasteiger partial charge in [-0.1, -0.05) is 46.4 Å². The molecule has 70 valence electrons. The van der Waals surface area contributed by atoms with Crippen molar-refractivity contribution >= 4 is 52.4 Å². The largest absolute Gasteiger partial charge is 0.478 e. The molecule has 0 bridgehead atoms. The quantitative estimate of drug-likeness (QED) is 0.612. The molecule has 13 heavy (non-hydrogen) atoms. The monoisotopic (exact) mass is 258 g/mol. The Labute approximate surface area is 94.0 Å². The summed E-state index contributed by atoms with van der Waals surface area (Å²) in [5.74, 6) is -1.20. The van der Waals surface area contributed by atoms with Gasteiger partial charge in [0, 0.05) is 0 Å². The van der Waals surface area contributed by atoms with Crippen LogP contribution in [0, 0.1) is 0 Å². The highest BCUT2D eigenvalue weighted by Crippen LogP contribution is 2.37. The lowest BCUT2D eigenvalue weighted by Crippen LogP contribution is -1.98. The van der Waals surface area contributed by atoms with Crippen LogP contribution in [0.1, 0.15) is 10.4 Å². The predicted octanol–water partition coefficient (Wildman–Crippen LogP) is 4.00. The number of halogens is 4. The highest BCUT2D eigenvalue weighted by Gasteiger charge is 2.17. The summed E-state index contributed by atoms with van der Waals surface area (Å²) in [6, 6.07) is 1.15. The summed E-state index contributed by atoms with van der Waals surface area (Å²) in [5, 5.41) is 8.62. The van der Waals surface area contributed by atoms with Crippen LogP contribution in [0.3, 0.4) is 0 Å². The molecule has 0 radical (unpaired) electrons. The number of carboxylic acids is 1. The van der Waals surface area contributed by atoms with Crippen LogP contribution in [0.15, 0.2) is 6.07 Å². The number of carbonyl (C=O) groups is 1. The van der Waals surface area contributed by atoms with E-state index < -0.39 is 5.97 Å². The van der Waals surface area contributed by atoms with Gasteiger partial charge >= 0.3 is 5.97 Å². The Bertz CT molecular complexity index is 375. The van der Waals surface area contributed by atoms with Gasteiger partial charge in [0.2, 0.25) is 0 Å². The summed E-state index contributed by atoms with van der Waals surface area (Å²) in [6.07, 6.45) is 0. The fourth-order valence-corrected chi connectivity index (χ4v) is 1.61. The minimum atomic E-state index is -1.20. The van der Waals surface area contributed by atoms with Crippen molar-refractivity contribution in [3.8, 4) is 0 Å². The van der Waals surface area contributed by atoms with Crippen molar-refractivity contribution in [2.75, 3.05) is 0 Å². The minimum Gasteiger partial charge on any atom is -0.478 e. The van der Waals surface area contributed by atoms with E-state index in [1.165, 1.54) is 0 Å². The normalized spacial score (nSPS) is 10.2. The molecule has 0 saturated carbocycles. The van der Waals surface area contributed by atoms with E-state index >= 15 is 0 Å². The average molecular weight is 260 g/mol. The van der Waals surface area contributed by atoms with Crippen molar-refractivity contribution in [3.63, 3.8) is 0 Å². The second-order valence-corrected chi connectivity index (χ2v) is 3.69. The highest BCUT2D eigenvalue weighted by atomic mass is 35.5. The summed E-state index contributed by atoms with van der Waals surface area (Å²) in [4.78, 5) is 10.6. The Morgan fingerprint density at radius 2 is 1.62 bits per heavy atom. The molecule has 1 rings (SSSR count). The lowest BCUT2D eigenvalue weighted by atomic mass is 10.2. The zero-order valence-electron chi connectivity index (χ0n) is 5.94. The fraction of sp³-hybridized carbons (Fsp3) is 0. The predicted molar refractivity (Wildman–Crippen MR) is 53.4 cm³/mol. The van der Waals surface area contributed by atoms with E-state index in [9.17, 15) is 4.79 Å². The molecule has 6 heteroatoms. The fourth-order valence-electron chi connectivity index (χ4n) is 0.728. The summed E-state index contributed by atoms with van der Waals surface area (Å²) in [6.45, 7) is 0. The number of carboxylic acid groups (broad SMARTS) is 1. The molecule has 0 amide bonds. The van der Waals surface area contributed by atoms with Crippen LogP contribution in [-0.4, -0.2) is 11.1 Å². The second kappa shape index (κ2) is 3.93. The molecular weight excluding hydrogens is 258 g/mol. The van der Waals surface area contributed by atoms with E-state index in [2.05, 4.69) is 0 Å². The van der Waals surface area contributed by atoms with Gasteiger partial charge in [-0.05, 0) is 6.07 Å². The van der Waals surface area contributed by atoms with E-state index in [0.29, 0.717) is 0 Å². The first kappa shape index (κ1) is 10.9. The van der Waals surface area contributed by atoms with Crippen LogP contribution in [0.25, 0.3) is 0 Å². The van der Waals surface area contributed by atoms with E-state index in [0.717, 1.165) is 6.07 Å². The van der Waals surface area contributed by atoms with Gasteiger partial charge in [-0.15, -0.1) is 0 Å². The number of hydrogen-bond donors (Lipinski definition) is 1. The van der Waals surface area contributed by atoms with E-state index in [1.807, 2.05) is 0 Å². The molecular formula is C7H2Cl4O2. The van der Waals surface area contributed by atoms with Gasteiger partial charge in [0.15, 0.2) is 0 Å². The van der Waals surface area contributed by atoms with Crippen molar-refractivity contribution < 1.29 is 9.90 Å². The van der Waals surface area contributed by atoms with E-state index in [1.54, 1.807) is 0 Å². The molecule has 0 aliphatic heterocycles. The summed E-state index contributed by atoms with van der Waals surface area (Å²) >= 11 is 22.4. The first-order valence-corrected chi connectivity index (χ1v) is 4.52. The first-order valence-electron chi connectivity index (χ1n) is 3.01. The SMILES string of the molecule is O=C(O)c1cc(Cl)c(Cl)c(Cl)c1Cl. The van der Waals surface area contributed by atoms with Gasteiger partial charge in [0.05, 0.1) is 25.7 Å². The zero-order valence-corrected chi connectivity index (χ0v) is 8.97. The third-order valence-electron chi connectivity index (χ3n) is 1.33. The molecule has 0 atom stereocenters. The van der Waals surface area contributed by atoms with Crippen LogP contribution in [-0.2, 0) is 0 Å². The second-order valence-electron chi connectivity index (χ2n) is 2.15. The molecule has 0 aliphatic carbocycles. The van der Waals surface area contributed by atoms with Crippen LogP contribution in [0.5, 0.6) is 0 Å². The zero-order chi connectivity index (χ0) is 10.2. The van der Waals surface area contributed by atoms with Crippen molar-refractivity contribution in [1.29, 1.82) is 0 Å². The Hall–Kier alpha value is -0.150. The van der Waals surface area contributed by atoms with Crippen LogP contribution in [0.4, 0.5) is 0 Å². The van der Waals surface area contributed by atoms with Crippen LogP contribution in [0.2, 0.25) is 20.1 Å². The number of rotatable bonds is 1. The standard InChI is InChI=1S/C7H2Cl4O2/c8-3-1-2(7(12)13)4(9)6(11)5(3)10/h1H,(H,12,13). The molecule has 1 aromatic rings. The Morgan fingerprint density at radius 3 is 2.08 bits per heavy atom. The summed E-state index contributed by atoms with van der Waals surface area (Å²) in [5.41, 5.74) is -0.166. The Kier molecular flexibility index (Phi) is 3.30. The maximum absolute atomic E-state index is 10.6. The van der Waals surface area contributed by atoms with Gasteiger partial charge < -0.3 is 5.11 Å². The maximum Gasteiger partial charge on any atom is 0.337 e. The number of aromatic carboxylic acids is 1. The third-order valence-corrected chi connectivity index (χ3v) is 3.08. The van der Waals surface area contributed by atoms with Gasteiger partial charge in [0.25, 0.3) is 0 Å². The van der Waals surface area contributed by atoms with E-state index in [4.69, 9.17) is 51.5 Å². The lowest BCUT2D eigenvalue weighted by molar-refractivity contribution is 0.0697. The smallest absolute Gasteiger partial charge is 0.337 e. The average Bonchev–Trinajstić information content (AvgIpc) is 2.07. The van der Waals surface area contributed by atoms with Crippen molar-refractivity contribution in [1.82, 2.24) is 0 Å². The molecule has 0 fully saturated rings. The lowest BCUT2D eigenvalue weighted by Gasteiger charge is -2.04. The summed E-state index contributed by atoms with van der Waals surface area (Å²) in [7, 11) is 0. The van der Waals surface area contributed by atoms with Crippen LogP contribution < -0.4 is 0 Å². The molecule has 1 aromatic carbocycles. The Balaban J connectivity index is 3.50. The summed E-state index contributed by atoms with van der Waals surface area (Å²) < 4.78 is 0. The minimum absolute atomic E-state index is 0.0479. The molecule has 0 spiro atoms. The molecule has 0 unspecified atom stereocenters. The molecule has 0 heterocycles. The molecule has 1 N–H and O–H groups in total. The van der Waals surface area contributed by atoms with Gasteiger partial charge in [-0.2, -0.15) is 0 Å². The van der Waals surface area contributed by atoms with Crippen LogP contribution >= 0.6 is 46.4 Å². The first-order chi connectivity index (χ1) is 5.95. The van der Waals surface area contributed by atoms with Gasteiger partial charge in [-0.25, -0.2) is 4.79 Å². The molecule has 0 saturated heterocycles. The van der Waals surface area contributed by atoms with Crippen molar-refractivity contribution in [3.05, 3.63) is 31.7 Å². The molecule has 2 nitrogen and oxygen atoms in total.